The molecule has 2 atom stereocenters. The maximum Gasteiger partial charge on any atom is 0.321 e. The van der Waals surface area contributed by atoms with Gasteiger partial charge in [-0.3, -0.25) is 9.69 Å². The summed E-state index contributed by atoms with van der Waals surface area (Å²) in [7, 11) is 0. The molecular weight excluding hydrogens is 280 g/mol. The average molecular weight is 300 g/mol. The van der Waals surface area contributed by atoms with Crippen LogP contribution in [0.1, 0.15) is 25.6 Å². The predicted molar refractivity (Wildman–Crippen MR) is 81.6 cm³/mol. The SMILES string of the molecule is CC1CCCN(Cc2ncnn2-c2ccccc2)C1C(=O)O. The van der Waals surface area contributed by atoms with Crippen LogP contribution in [0.15, 0.2) is 36.7 Å². The number of aromatic nitrogens is 3. The van der Waals surface area contributed by atoms with E-state index in [9.17, 15) is 9.90 Å². The molecule has 1 aliphatic rings. The van der Waals surface area contributed by atoms with Crippen LogP contribution in [0.25, 0.3) is 5.69 Å². The Bertz CT molecular complexity index is 641. The minimum Gasteiger partial charge on any atom is -0.480 e. The van der Waals surface area contributed by atoms with Crippen LogP contribution < -0.4 is 0 Å². The third kappa shape index (κ3) is 2.87. The minimum absolute atomic E-state index is 0.152. The van der Waals surface area contributed by atoms with Crippen molar-refractivity contribution in [2.24, 2.45) is 5.92 Å². The topological polar surface area (TPSA) is 71.2 Å². The number of carboxylic acids is 1. The Hall–Kier alpha value is -2.21. The first kappa shape index (κ1) is 14.7. The van der Waals surface area contributed by atoms with E-state index in [2.05, 4.69) is 10.1 Å². The lowest BCUT2D eigenvalue weighted by Gasteiger charge is -2.36. The van der Waals surface area contributed by atoms with Crippen molar-refractivity contribution in [2.75, 3.05) is 6.54 Å². The van der Waals surface area contributed by atoms with Gasteiger partial charge in [0.2, 0.25) is 0 Å². The highest BCUT2D eigenvalue weighted by atomic mass is 16.4. The molecule has 0 radical (unpaired) electrons. The standard InChI is InChI=1S/C16H20N4O2/c1-12-6-5-9-19(15(12)16(21)22)10-14-17-11-18-20(14)13-7-3-2-4-8-13/h2-4,7-8,11-12,15H,5-6,9-10H2,1H3,(H,21,22). The van der Waals surface area contributed by atoms with Gasteiger partial charge in [0.25, 0.3) is 0 Å². The molecule has 22 heavy (non-hydrogen) atoms. The van der Waals surface area contributed by atoms with E-state index in [0.29, 0.717) is 6.54 Å². The van der Waals surface area contributed by atoms with Gasteiger partial charge in [0.1, 0.15) is 18.2 Å². The zero-order valence-electron chi connectivity index (χ0n) is 12.6. The molecule has 0 bridgehead atoms. The lowest BCUT2D eigenvalue weighted by Crippen LogP contribution is -2.48. The highest BCUT2D eigenvalue weighted by molar-refractivity contribution is 5.74. The minimum atomic E-state index is -0.752. The third-order valence-corrected chi connectivity index (χ3v) is 4.25. The highest BCUT2D eigenvalue weighted by Gasteiger charge is 2.34. The van der Waals surface area contributed by atoms with Crippen molar-refractivity contribution >= 4 is 5.97 Å². The summed E-state index contributed by atoms with van der Waals surface area (Å²) in [5, 5.41) is 13.8. The Kier molecular flexibility index (Phi) is 4.20. The first-order chi connectivity index (χ1) is 10.7. The summed E-state index contributed by atoms with van der Waals surface area (Å²) in [6.45, 7) is 3.28. The Labute approximate surface area is 129 Å². The first-order valence-corrected chi connectivity index (χ1v) is 7.58. The normalized spacial score (nSPS) is 22.6. The molecule has 6 nitrogen and oxygen atoms in total. The van der Waals surface area contributed by atoms with Gasteiger partial charge in [-0.25, -0.2) is 9.67 Å². The Balaban J connectivity index is 1.84. The van der Waals surface area contributed by atoms with E-state index in [1.807, 2.05) is 42.2 Å². The van der Waals surface area contributed by atoms with Gasteiger partial charge in [0.05, 0.1) is 12.2 Å². The summed E-state index contributed by atoms with van der Waals surface area (Å²) in [6, 6.07) is 9.33. The van der Waals surface area contributed by atoms with Crippen LogP contribution >= 0.6 is 0 Å². The molecule has 3 rings (SSSR count). The van der Waals surface area contributed by atoms with E-state index in [0.717, 1.165) is 30.9 Å². The van der Waals surface area contributed by atoms with Gasteiger partial charge in [-0.15, -0.1) is 0 Å². The summed E-state index contributed by atoms with van der Waals surface area (Å²) >= 11 is 0. The average Bonchev–Trinajstić information content (AvgIpc) is 2.96. The number of carbonyl (C=O) groups is 1. The van der Waals surface area contributed by atoms with E-state index < -0.39 is 12.0 Å². The number of carboxylic acid groups (broad SMARTS) is 1. The molecule has 2 aromatic rings. The highest BCUT2D eigenvalue weighted by Crippen LogP contribution is 2.25. The van der Waals surface area contributed by atoms with E-state index >= 15 is 0 Å². The van der Waals surface area contributed by atoms with Crippen molar-refractivity contribution in [1.82, 2.24) is 19.7 Å². The number of aliphatic carboxylic acids is 1. The fraction of sp³-hybridized carbons (Fsp3) is 0.438. The molecule has 116 valence electrons. The van der Waals surface area contributed by atoms with Crippen molar-refractivity contribution in [3.63, 3.8) is 0 Å². The summed E-state index contributed by atoms with van der Waals surface area (Å²) in [6.07, 6.45) is 3.49. The Morgan fingerprint density at radius 2 is 2.14 bits per heavy atom. The molecule has 1 aliphatic heterocycles. The number of rotatable bonds is 4. The molecule has 1 aromatic carbocycles. The zero-order chi connectivity index (χ0) is 15.5. The van der Waals surface area contributed by atoms with Gasteiger partial charge in [0, 0.05) is 0 Å². The monoisotopic (exact) mass is 300 g/mol. The Morgan fingerprint density at radius 1 is 1.36 bits per heavy atom. The molecule has 6 heteroatoms. The number of nitrogens with zero attached hydrogens (tertiary/aromatic N) is 4. The van der Waals surface area contributed by atoms with Crippen molar-refractivity contribution in [3.05, 3.63) is 42.5 Å². The second-order valence-electron chi connectivity index (χ2n) is 5.80. The van der Waals surface area contributed by atoms with Crippen LogP contribution in [0.3, 0.4) is 0 Å². The number of para-hydroxylation sites is 1. The third-order valence-electron chi connectivity index (χ3n) is 4.25. The predicted octanol–water partition coefficient (Wildman–Crippen LogP) is 1.95. The maximum atomic E-state index is 11.6. The molecule has 1 fully saturated rings. The molecule has 2 unspecified atom stereocenters. The number of likely N-dealkylation sites (tertiary alicyclic amines) is 1. The van der Waals surface area contributed by atoms with E-state index in [-0.39, 0.29) is 5.92 Å². The smallest absolute Gasteiger partial charge is 0.321 e. The van der Waals surface area contributed by atoms with Gasteiger partial charge >= 0.3 is 5.97 Å². The molecule has 0 saturated carbocycles. The molecule has 2 heterocycles. The second-order valence-corrected chi connectivity index (χ2v) is 5.80. The fourth-order valence-electron chi connectivity index (χ4n) is 3.19. The molecular formula is C16H20N4O2. The van der Waals surface area contributed by atoms with E-state index in [4.69, 9.17) is 0 Å². The van der Waals surface area contributed by atoms with Gasteiger partial charge in [-0.1, -0.05) is 25.1 Å². The summed E-state index contributed by atoms with van der Waals surface area (Å²) < 4.78 is 1.78. The second kappa shape index (κ2) is 6.27. The molecule has 1 N–H and O–H groups in total. The van der Waals surface area contributed by atoms with Crippen molar-refractivity contribution in [3.8, 4) is 5.69 Å². The number of hydrogen-bond donors (Lipinski definition) is 1. The first-order valence-electron chi connectivity index (χ1n) is 7.58. The molecule has 0 aliphatic carbocycles. The van der Waals surface area contributed by atoms with E-state index in [1.165, 1.54) is 6.33 Å². The van der Waals surface area contributed by atoms with Crippen LogP contribution in [0, 0.1) is 5.92 Å². The zero-order valence-corrected chi connectivity index (χ0v) is 12.6. The number of hydrogen-bond acceptors (Lipinski definition) is 4. The fourth-order valence-corrected chi connectivity index (χ4v) is 3.19. The summed E-state index contributed by atoms with van der Waals surface area (Å²) in [5.41, 5.74) is 0.937. The lowest BCUT2D eigenvalue weighted by molar-refractivity contribution is -0.147. The molecule has 1 aromatic heterocycles. The molecule has 1 saturated heterocycles. The van der Waals surface area contributed by atoms with Crippen molar-refractivity contribution in [1.29, 1.82) is 0 Å². The number of piperidine rings is 1. The van der Waals surface area contributed by atoms with Gasteiger partial charge in [-0.2, -0.15) is 5.10 Å². The van der Waals surface area contributed by atoms with E-state index in [1.54, 1.807) is 4.68 Å². The van der Waals surface area contributed by atoms with Gasteiger partial charge < -0.3 is 5.11 Å². The molecule has 0 spiro atoms. The lowest BCUT2D eigenvalue weighted by atomic mass is 9.91. The van der Waals surface area contributed by atoms with Crippen molar-refractivity contribution in [2.45, 2.75) is 32.4 Å². The molecule has 0 amide bonds. The summed E-state index contributed by atoms with van der Waals surface area (Å²) in [4.78, 5) is 17.9. The quantitative estimate of drug-likeness (QED) is 0.934. The van der Waals surface area contributed by atoms with Crippen LogP contribution in [0.5, 0.6) is 0 Å². The number of benzene rings is 1. The van der Waals surface area contributed by atoms with Crippen LogP contribution in [0.2, 0.25) is 0 Å². The van der Waals surface area contributed by atoms with Crippen molar-refractivity contribution < 1.29 is 9.90 Å². The Morgan fingerprint density at radius 3 is 2.86 bits per heavy atom. The van der Waals surface area contributed by atoms with Gasteiger partial charge in [-0.05, 0) is 37.4 Å². The van der Waals surface area contributed by atoms with Crippen LogP contribution in [-0.2, 0) is 11.3 Å². The van der Waals surface area contributed by atoms with Crippen LogP contribution in [-0.4, -0.2) is 43.3 Å². The van der Waals surface area contributed by atoms with Gasteiger partial charge in [0.15, 0.2) is 0 Å². The summed E-state index contributed by atoms with van der Waals surface area (Å²) in [5.74, 6) is 0.170. The van der Waals surface area contributed by atoms with Crippen LogP contribution in [0.4, 0.5) is 0 Å². The maximum absolute atomic E-state index is 11.6. The largest absolute Gasteiger partial charge is 0.480 e.